The summed E-state index contributed by atoms with van der Waals surface area (Å²) < 4.78 is 6.21. The minimum Gasteiger partial charge on any atom is -0.478 e. The molecule has 7 nitrogen and oxygen atoms in total. The molecule has 2 aromatic rings. The van der Waals surface area contributed by atoms with Crippen LogP contribution in [-0.4, -0.2) is 42.8 Å². The number of hydrogen-bond donors (Lipinski definition) is 2. The second-order valence-corrected chi connectivity index (χ2v) is 7.58. The van der Waals surface area contributed by atoms with Crippen LogP contribution in [0.1, 0.15) is 27.6 Å². The Hall–Kier alpha value is -4.13. The molecule has 0 radical (unpaired) electrons. The van der Waals surface area contributed by atoms with E-state index in [1.165, 1.54) is 18.2 Å². The van der Waals surface area contributed by atoms with E-state index in [1.807, 2.05) is 62.3 Å². The molecule has 2 aliphatic rings. The lowest BCUT2D eigenvalue weighted by atomic mass is 9.89. The van der Waals surface area contributed by atoms with Crippen LogP contribution in [0.2, 0.25) is 0 Å². The van der Waals surface area contributed by atoms with E-state index in [4.69, 9.17) is 4.42 Å². The Balaban J connectivity index is 2.18. The fourth-order valence-electron chi connectivity index (χ4n) is 3.79. The van der Waals surface area contributed by atoms with E-state index in [0.29, 0.717) is 40.0 Å². The van der Waals surface area contributed by atoms with Crippen molar-refractivity contribution in [3.63, 3.8) is 0 Å². The molecule has 1 heterocycles. The Morgan fingerprint density at radius 1 is 0.938 bits per heavy atom. The molecule has 0 unspecified atom stereocenters. The van der Waals surface area contributed by atoms with Crippen molar-refractivity contribution in [2.75, 3.05) is 25.5 Å². The summed E-state index contributed by atoms with van der Waals surface area (Å²) in [5.74, 6) is -1.73. The molecular formula is C25H22N2O5. The molecule has 1 aliphatic carbocycles. The number of nitrogens with zero attached hydrogens (tertiary/aromatic N) is 2. The SMILES string of the molecule is CC/N=c1\ccc2c(-c3cc(C(=O)O)ccc3C(=O)O)c3ccc(N(C)C)cc3oc-2c1. The zero-order valence-electron chi connectivity index (χ0n) is 17.9. The molecule has 0 saturated heterocycles. The van der Waals surface area contributed by atoms with Gasteiger partial charge in [0.1, 0.15) is 11.3 Å². The first-order valence-corrected chi connectivity index (χ1v) is 10.1. The van der Waals surface area contributed by atoms with Gasteiger partial charge in [0.05, 0.1) is 16.5 Å². The van der Waals surface area contributed by atoms with Crippen molar-refractivity contribution in [3.05, 3.63) is 71.1 Å². The maximum Gasteiger partial charge on any atom is 0.336 e. The number of benzene rings is 3. The first-order chi connectivity index (χ1) is 15.3. The van der Waals surface area contributed by atoms with Crippen LogP contribution in [0.3, 0.4) is 0 Å². The van der Waals surface area contributed by atoms with Crippen LogP contribution in [0.5, 0.6) is 0 Å². The van der Waals surface area contributed by atoms with Gasteiger partial charge < -0.3 is 19.5 Å². The van der Waals surface area contributed by atoms with Crippen molar-refractivity contribution >= 4 is 28.6 Å². The van der Waals surface area contributed by atoms with Gasteiger partial charge in [-0.15, -0.1) is 0 Å². The number of carbonyl (C=O) groups is 2. The maximum absolute atomic E-state index is 12.0. The third-order valence-corrected chi connectivity index (χ3v) is 5.31. The van der Waals surface area contributed by atoms with Gasteiger partial charge in [0.25, 0.3) is 0 Å². The van der Waals surface area contributed by atoms with Crippen molar-refractivity contribution < 1.29 is 24.2 Å². The zero-order chi connectivity index (χ0) is 23.0. The molecule has 0 atom stereocenters. The Kier molecular flexibility index (Phi) is 5.40. The van der Waals surface area contributed by atoms with Gasteiger partial charge >= 0.3 is 11.9 Å². The van der Waals surface area contributed by atoms with Crippen molar-refractivity contribution in [2.24, 2.45) is 4.99 Å². The predicted molar refractivity (Wildman–Crippen MR) is 123 cm³/mol. The number of rotatable bonds is 5. The fourth-order valence-corrected chi connectivity index (χ4v) is 3.79. The summed E-state index contributed by atoms with van der Waals surface area (Å²) in [6.07, 6.45) is 0. The molecule has 162 valence electrons. The largest absolute Gasteiger partial charge is 0.478 e. The molecule has 2 N–H and O–H groups in total. The van der Waals surface area contributed by atoms with Gasteiger partial charge in [-0.3, -0.25) is 4.99 Å². The molecule has 0 fully saturated rings. The lowest BCUT2D eigenvalue weighted by Gasteiger charge is -2.19. The Bertz CT molecular complexity index is 1400. The van der Waals surface area contributed by atoms with E-state index in [1.54, 1.807) is 0 Å². The minimum atomic E-state index is -1.14. The molecule has 4 rings (SSSR count). The fraction of sp³-hybridized carbons (Fsp3) is 0.160. The maximum atomic E-state index is 12.0. The van der Waals surface area contributed by atoms with Crippen molar-refractivity contribution in [3.8, 4) is 22.5 Å². The van der Waals surface area contributed by atoms with Crippen LogP contribution < -0.4 is 10.3 Å². The van der Waals surface area contributed by atoms with Crippen LogP contribution in [-0.2, 0) is 0 Å². The average Bonchev–Trinajstić information content (AvgIpc) is 2.76. The summed E-state index contributed by atoms with van der Waals surface area (Å²) in [4.78, 5) is 30.1. The monoisotopic (exact) mass is 430 g/mol. The highest BCUT2D eigenvalue weighted by molar-refractivity contribution is 6.09. The van der Waals surface area contributed by atoms with Crippen molar-refractivity contribution in [2.45, 2.75) is 6.92 Å². The van der Waals surface area contributed by atoms with Crippen LogP contribution in [0, 0.1) is 0 Å². The quantitative estimate of drug-likeness (QED) is 0.449. The van der Waals surface area contributed by atoms with Gasteiger partial charge in [-0.1, -0.05) is 0 Å². The number of hydrogen-bond acceptors (Lipinski definition) is 5. The Morgan fingerprint density at radius 2 is 1.72 bits per heavy atom. The summed E-state index contributed by atoms with van der Waals surface area (Å²) in [5, 5.41) is 20.8. The smallest absolute Gasteiger partial charge is 0.336 e. The highest BCUT2D eigenvalue weighted by Gasteiger charge is 2.23. The number of fused-ring (bicyclic) bond motifs is 2. The normalized spacial score (nSPS) is 11.8. The standard InChI is InChI=1S/C25H22N2O5/c1-4-26-15-6-9-18-21(12-15)32-22-13-16(27(2)3)7-10-19(22)23(18)20-11-14(24(28)29)5-8-17(20)25(30)31/h5-13H,4H2,1-3H3,(H,28,29)(H,30,31)/b26-15+. The van der Waals surface area contributed by atoms with Gasteiger partial charge in [-0.2, -0.15) is 0 Å². The van der Waals surface area contributed by atoms with Crippen LogP contribution in [0.4, 0.5) is 5.69 Å². The van der Waals surface area contributed by atoms with E-state index in [0.717, 1.165) is 11.0 Å². The first-order valence-electron chi connectivity index (χ1n) is 10.1. The number of aromatic carboxylic acids is 2. The van der Waals surface area contributed by atoms with E-state index in [2.05, 4.69) is 4.99 Å². The van der Waals surface area contributed by atoms with Gasteiger partial charge in [0.2, 0.25) is 0 Å². The molecule has 2 aromatic carbocycles. The molecule has 0 saturated carbocycles. The average molecular weight is 430 g/mol. The number of anilines is 1. The Labute approximate surface area is 184 Å². The van der Waals surface area contributed by atoms with E-state index in [9.17, 15) is 19.8 Å². The molecule has 1 aliphatic heterocycles. The second-order valence-electron chi connectivity index (χ2n) is 7.58. The lowest BCUT2D eigenvalue weighted by Crippen LogP contribution is -2.09. The minimum absolute atomic E-state index is 0.00890. The molecule has 0 aromatic heterocycles. The summed E-state index contributed by atoms with van der Waals surface area (Å²) in [6, 6.07) is 15.2. The molecule has 7 heteroatoms. The van der Waals surface area contributed by atoms with Crippen LogP contribution in [0.25, 0.3) is 33.4 Å². The third-order valence-electron chi connectivity index (χ3n) is 5.31. The zero-order valence-corrected chi connectivity index (χ0v) is 17.9. The number of carboxylic acids is 2. The van der Waals surface area contributed by atoms with E-state index >= 15 is 0 Å². The molecular weight excluding hydrogens is 408 g/mol. The first kappa shape index (κ1) is 21.1. The number of carboxylic acid groups (broad SMARTS) is 2. The predicted octanol–water partition coefficient (Wildman–Crippen LogP) is 4.59. The molecule has 0 spiro atoms. The topological polar surface area (TPSA) is 103 Å². The van der Waals surface area contributed by atoms with Crippen LogP contribution >= 0.6 is 0 Å². The van der Waals surface area contributed by atoms with Crippen LogP contribution in [0.15, 0.2) is 64.0 Å². The van der Waals surface area contributed by atoms with E-state index < -0.39 is 11.9 Å². The van der Waals surface area contributed by atoms with Gasteiger partial charge in [0, 0.05) is 55.0 Å². The van der Waals surface area contributed by atoms with Gasteiger partial charge in [0.15, 0.2) is 0 Å². The molecule has 32 heavy (non-hydrogen) atoms. The Morgan fingerprint density at radius 3 is 2.38 bits per heavy atom. The lowest BCUT2D eigenvalue weighted by molar-refractivity contribution is 0.0682. The highest BCUT2D eigenvalue weighted by atomic mass is 16.4. The highest BCUT2D eigenvalue weighted by Crippen LogP contribution is 2.42. The summed E-state index contributed by atoms with van der Waals surface area (Å²) in [7, 11) is 3.83. The van der Waals surface area contributed by atoms with Crippen molar-refractivity contribution in [1.82, 2.24) is 0 Å². The van der Waals surface area contributed by atoms with Gasteiger partial charge in [-0.05, 0) is 55.0 Å². The third kappa shape index (κ3) is 3.69. The van der Waals surface area contributed by atoms with Gasteiger partial charge in [-0.25, -0.2) is 9.59 Å². The summed E-state index contributed by atoms with van der Waals surface area (Å²) in [5.41, 5.74) is 3.10. The van der Waals surface area contributed by atoms with E-state index in [-0.39, 0.29) is 11.1 Å². The summed E-state index contributed by atoms with van der Waals surface area (Å²) in [6.45, 7) is 2.55. The summed E-state index contributed by atoms with van der Waals surface area (Å²) >= 11 is 0. The second kappa shape index (κ2) is 8.19. The molecule has 0 amide bonds. The van der Waals surface area contributed by atoms with Crippen molar-refractivity contribution in [1.29, 1.82) is 0 Å². The molecule has 0 bridgehead atoms.